The van der Waals surface area contributed by atoms with Crippen LogP contribution in [0.4, 0.5) is 0 Å². The molecule has 0 unspecified atom stereocenters. The highest BCUT2D eigenvalue weighted by Crippen LogP contribution is 2.33. The Bertz CT molecular complexity index is 926. The number of carbonyl (C=O) groups excluding carboxylic acids is 1. The van der Waals surface area contributed by atoms with Crippen LogP contribution < -0.4 is 5.32 Å². The van der Waals surface area contributed by atoms with Crippen LogP contribution in [0.25, 0.3) is 28.2 Å². The van der Waals surface area contributed by atoms with Crippen molar-refractivity contribution in [3.8, 4) is 11.1 Å². The lowest BCUT2D eigenvalue weighted by atomic mass is 10.1. The molecule has 3 aromatic heterocycles. The van der Waals surface area contributed by atoms with Gasteiger partial charge in [0.15, 0.2) is 0 Å². The van der Waals surface area contributed by atoms with Crippen LogP contribution in [0.2, 0.25) is 0 Å². The molecule has 0 radical (unpaired) electrons. The standard InChI is InChI=1S/C15H8N2O2S3/c18-14-12(22-15(20)17-14)4-10-3-9-5-16-6-11(13(9)19-10)8-1-2-21-7-8/h1-7H,(H,17,18,20)/b12-4+. The SMILES string of the molecule is O=C1NC(=S)S/C1=C/c1cc2cncc(-c3ccsc3)c2o1. The van der Waals surface area contributed by atoms with Crippen LogP contribution in [0.1, 0.15) is 5.76 Å². The first kappa shape index (κ1) is 13.7. The summed E-state index contributed by atoms with van der Waals surface area (Å²) in [6, 6.07) is 3.90. The zero-order chi connectivity index (χ0) is 15.1. The largest absolute Gasteiger partial charge is 0.456 e. The molecule has 1 fully saturated rings. The summed E-state index contributed by atoms with van der Waals surface area (Å²) in [6.45, 7) is 0. The van der Waals surface area contributed by atoms with Gasteiger partial charge in [-0.2, -0.15) is 11.3 Å². The van der Waals surface area contributed by atoms with Crippen LogP contribution in [0, 0.1) is 0 Å². The molecule has 108 valence electrons. The van der Waals surface area contributed by atoms with E-state index in [1.807, 2.05) is 17.5 Å². The maximum absolute atomic E-state index is 11.7. The van der Waals surface area contributed by atoms with Crippen molar-refractivity contribution >= 4 is 62.6 Å². The van der Waals surface area contributed by atoms with Gasteiger partial charge in [-0.25, -0.2) is 0 Å². The summed E-state index contributed by atoms with van der Waals surface area (Å²) in [6.07, 6.45) is 5.25. The Morgan fingerprint density at radius 1 is 1.36 bits per heavy atom. The third-order valence-corrected chi connectivity index (χ3v) is 5.04. The van der Waals surface area contributed by atoms with E-state index in [1.165, 1.54) is 11.8 Å². The lowest BCUT2D eigenvalue weighted by Crippen LogP contribution is -2.17. The molecule has 1 aliphatic rings. The van der Waals surface area contributed by atoms with E-state index in [4.69, 9.17) is 16.6 Å². The third-order valence-electron chi connectivity index (χ3n) is 3.19. The molecule has 1 saturated heterocycles. The molecule has 4 nitrogen and oxygen atoms in total. The molecule has 0 aliphatic carbocycles. The fourth-order valence-electron chi connectivity index (χ4n) is 2.23. The lowest BCUT2D eigenvalue weighted by molar-refractivity contribution is -0.115. The molecule has 7 heteroatoms. The number of nitrogens with one attached hydrogen (secondary N) is 1. The van der Waals surface area contributed by atoms with Crippen LogP contribution in [-0.2, 0) is 4.79 Å². The topological polar surface area (TPSA) is 55.1 Å². The van der Waals surface area contributed by atoms with Crippen LogP contribution in [-0.4, -0.2) is 15.2 Å². The predicted molar refractivity (Wildman–Crippen MR) is 93.6 cm³/mol. The number of thiocarbonyl (C=S) groups is 1. The van der Waals surface area contributed by atoms with E-state index < -0.39 is 0 Å². The Kier molecular flexibility index (Phi) is 3.33. The van der Waals surface area contributed by atoms with Gasteiger partial charge in [0.05, 0.1) is 4.91 Å². The second-order valence-corrected chi connectivity index (χ2v) is 7.12. The van der Waals surface area contributed by atoms with Gasteiger partial charge in [-0.05, 0) is 28.5 Å². The maximum atomic E-state index is 11.7. The lowest BCUT2D eigenvalue weighted by Gasteiger charge is -1.97. The second kappa shape index (κ2) is 5.35. The highest BCUT2D eigenvalue weighted by Gasteiger charge is 2.22. The van der Waals surface area contributed by atoms with Crippen molar-refractivity contribution in [3.05, 3.63) is 46.0 Å². The van der Waals surface area contributed by atoms with E-state index in [2.05, 4.69) is 15.7 Å². The number of thioether (sulfide) groups is 1. The van der Waals surface area contributed by atoms with E-state index in [0.717, 1.165) is 22.1 Å². The molecule has 0 aromatic carbocycles. The van der Waals surface area contributed by atoms with Crippen molar-refractivity contribution < 1.29 is 9.21 Å². The number of hydrogen-bond acceptors (Lipinski definition) is 6. The highest BCUT2D eigenvalue weighted by molar-refractivity contribution is 8.26. The molecule has 1 N–H and O–H groups in total. The first-order chi connectivity index (χ1) is 10.7. The number of nitrogens with zero attached hydrogens (tertiary/aromatic N) is 1. The number of fused-ring (bicyclic) bond motifs is 1. The van der Waals surface area contributed by atoms with Gasteiger partial charge >= 0.3 is 0 Å². The van der Waals surface area contributed by atoms with Crippen molar-refractivity contribution in [2.75, 3.05) is 0 Å². The summed E-state index contributed by atoms with van der Waals surface area (Å²) in [5, 5.41) is 7.56. The molecule has 22 heavy (non-hydrogen) atoms. The van der Waals surface area contributed by atoms with Crippen LogP contribution in [0.15, 0.2) is 44.6 Å². The van der Waals surface area contributed by atoms with Gasteiger partial charge < -0.3 is 9.73 Å². The van der Waals surface area contributed by atoms with Crippen molar-refractivity contribution in [3.63, 3.8) is 0 Å². The van der Waals surface area contributed by atoms with Gasteiger partial charge in [0.1, 0.15) is 15.7 Å². The summed E-state index contributed by atoms with van der Waals surface area (Å²) < 4.78 is 6.39. The summed E-state index contributed by atoms with van der Waals surface area (Å²) >= 11 is 7.84. The van der Waals surface area contributed by atoms with Gasteiger partial charge in [0.25, 0.3) is 5.91 Å². The summed E-state index contributed by atoms with van der Waals surface area (Å²) in [7, 11) is 0. The van der Waals surface area contributed by atoms with E-state index in [-0.39, 0.29) is 5.91 Å². The molecule has 4 heterocycles. The van der Waals surface area contributed by atoms with Gasteiger partial charge in [-0.1, -0.05) is 24.0 Å². The Morgan fingerprint density at radius 3 is 3.00 bits per heavy atom. The minimum Gasteiger partial charge on any atom is -0.456 e. The smallest absolute Gasteiger partial charge is 0.263 e. The van der Waals surface area contributed by atoms with E-state index >= 15 is 0 Å². The van der Waals surface area contributed by atoms with E-state index in [0.29, 0.717) is 15.0 Å². The number of rotatable bonds is 2. The number of amides is 1. The molecule has 0 bridgehead atoms. The summed E-state index contributed by atoms with van der Waals surface area (Å²) in [4.78, 5) is 16.5. The summed E-state index contributed by atoms with van der Waals surface area (Å²) in [5.74, 6) is 0.425. The Hall–Kier alpha value is -1.96. The van der Waals surface area contributed by atoms with E-state index in [9.17, 15) is 4.79 Å². The molecule has 3 aromatic rings. The maximum Gasteiger partial charge on any atom is 0.263 e. The number of hydrogen-bond donors (Lipinski definition) is 1. The third kappa shape index (κ3) is 2.37. The molecule has 4 rings (SSSR count). The molecule has 0 atom stereocenters. The van der Waals surface area contributed by atoms with Gasteiger partial charge in [-0.15, -0.1) is 0 Å². The molecular formula is C15H8N2O2S3. The number of thiophene rings is 1. The predicted octanol–water partition coefficient (Wildman–Crippen LogP) is 4.05. The van der Waals surface area contributed by atoms with Crippen LogP contribution >= 0.6 is 35.3 Å². The quantitative estimate of drug-likeness (QED) is 0.561. The van der Waals surface area contributed by atoms with Gasteiger partial charge in [0, 0.05) is 29.4 Å². The molecule has 0 spiro atoms. The van der Waals surface area contributed by atoms with Crippen molar-refractivity contribution in [2.45, 2.75) is 0 Å². The average Bonchev–Trinajstić information content (AvgIpc) is 3.19. The first-order valence-corrected chi connectivity index (χ1v) is 8.52. The van der Waals surface area contributed by atoms with Crippen molar-refractivity contribution in [1.82, 2.24) is 10.3 Å². The van der Waals surface area contributed by atoms with Gasteiger partial charge in [0.2, 0.25) is 0 Å². The van der Waals surface area contributed by atoms with Crippen molar-refractivity contribution in [2.24, 2.45) is 0 Å². The van der Waals surface area contributed by atoms with E-state index in [1.54, 1.807) is 29.8 Å². The number of aromatic nitrogens is 1. The number of pyridine rings is 1. The molecule has 1 aliphatic heterocycles. The second-order valence-electron chi connectivity index (χ2n) is 4.62. The number of furan rings is 1. The Labute approximate surface area is 139 Å². The minimum atomic E-state index is -0.188. The zero-order valence-electron chi connectivity index (χ0n) is 11.0. The monoisotopic (exact) mass is 344 g/mol. The fourth-order valence-corrected chi connectivity index (χ4v) is 3.91. The molecular weight excluding hydrogens is 336 g/mol. The number of carbonyl (C=O) groups is 1. The average molecular weight is 344 g/mol. The Morgan fingerprint density at radius 2 is 2.27 bits per heavy atom. The normalized spacial score (nSPS) is 16.6. The van der Waals surface area contributed by atoms with Crippen molar-refractivity contribution in [1.29, 1.82) is 0 Å². The summed E-state index contributed by atoms with van der Waals surface area (Å²) in [5.41, 5.74) is 2.79. The van der Waals surface area contributed by atoms with Gasteiger partial charge in [-0.3, -0.25) is 9.78 Å². The van der Waals surface area contributed by atoms with Crippen LogP contribution in [0.3, 0.4) is 0 Å². The first-order valence-electron chi connectivity index (χ1n) is 6.36. The Balaban J connectivity index is 1.82. The molecule has 0 saturated carbocycles. The zero-order valence-corrected chi connectivity index (χ0v) is 13.5. The fraction of sp³-hybridized carbons (Fsp3) is 0. The molecule has 1 amide bonds. The van der Waals surface area contributed by atoms with Crippen LogP contribution in [0.5, 0.6) is 0 Å². The highest BCUT2D eigenvalue weighted by atomic mass is 32.2. The minimum absolute atomic E-state index is 0.188.